The molecule has 43 heavy (non-hydrogen) atoms. The Morgan fingerprint density at radius 1 is 1.14 bits per heavy atom. The van der Waals surface area contributed by atoms with E-state index in [4.69, 9.17) is 14.3 Å². The molecule has 3 heterocycles. The van der Waals surface area contributed by atoms with Crippen molar-refractivity contribution in [3.05, 3.63) is 65.5 Å². The Hall–Kier alpha value is -3.87. The number of hydroxylamine groups is 2. The van der Waals surface area contributed by atoms with Crippen LogP contribution in [0.4, 0.5) is 9.59 Å². The van der Waals surface area contributed by atoms with Gasteiger partial charge in [-0.1, -0.05) is 68.4 Å². The second-order valence-corrected chi connectivity index (χ2v) is 12.2. The number of unbranched alkanes of at least 4 members (excludes halogenated alkanes) is 1. The number of hydrogen-bond donors (Lipinski definition) is 1. The molecular formula is C31H37N5O6S. The lowest BCUT2D eigenvalue weighted by atomic mass is 9.90. The largest absolute Gasteiger partial charge is 0.444 e. The van der Waals surface area contributed by atoms with Crippen molar-refractivity contribution in [2.45, 2.75) is 71.4 Å². The first kappa shape index (κ1) is 30.6. The zero-order valence-electron chi connectivity index (χ0n) is 24.8. The smallest absolute Gasteiger partial charge is 0.415 e. The number of rotatable bonds is 11. The van der Waals surface area contributed by atoms with E-state index in [0.29, 0.717) is 18.7 Å². The van der Waals surface area contributed by atoms with E-state index >= 15 is 0 Å². The Kier molecular flexibility index (Phi) is 9.38. The predicted octanol–water partition coefficient (Wildman–Crippen LogP) is 5.60. The van der Waals surface area contributed by atoms with Gasteiger partial charge in [-0.2, -0.15) is 0 Å². The molecule has 1 N–H and O–H groups in total. The Labute approximate surface area is 255 Å². The van der Waals surface area contributed by atoms with E-state index in [1.807, 2.05) is 75.5 Å². The van der Waals surface area contributed by atoms with Crippen LogP contribution in [0.1, 0.15) is 58.6 Å². The summed E-state index contributed by atoms with van der Waals surface area (Å²) in [5.41, 5.74) is 2.14. The van der Waals surface area contributed by atoms with Crippen molar-refractivity contribution in [2.75, 3.05) is 13.1 Å². The van der Waals surface area contributed by atoms with E-state index in [0.717, 1.165) is 29.7 Å². The second-order valence-electron chi connectivity index (χ2n) is 11.6. The van der Waals surface area contributed by atoms with Crippen LogP contribution in [0, 0.1) is 5.41 Å². The fraction of sp³-hybridized carbons (Fsp3) is 0.452. The number of nitrogens with one attached hydrogen (secondary N) is 1. The van der Waals surface area contributed by atoms with E-state index in [2.05, 4.69) is 14.9 Å². The molecule has 2 aromatic carbocycles. The van der Waals surface area contributed by atoms with Gasteiger partial charge < -0.3 is 19.7 Å². The van der Waals surface area contributed by atoms with Crippen LogP contribution in [-0.2, 0) is 14.4 Å². The number of Topliss-reactive ketones (excluding diaryl/α,β-unsaturated/α-hetero) is 1. The van der Waals surface area contributed by atoms with Gasteiger partial charge in [0.25, 0.3) is 0 Å². The molecular weight excluding hydrogens is 570 g/mol. The number of amides is 2. The average Bonchev–Trinajstić information content (AvgIpc) is 3.48. The number of ether oxygens (including phenoxy) is 2. The Morgan fingerprint density at radius 3 is 2.56 bits per heavy atom. The Bertz CT molecular complexity index is 1400. The number of alkyl carbamates (subject to hydrolysis) is 1. The van der Waals surface area contributed by atoms with Crippen LogP contribution in [0.5, 0.6) is 5.75 Å². The topological polar surface area (TPSA) is 126 Å². The van der Waals surface area contributed by atoms with Gasteiger partial charge in [0.2, 0.25) is 12.0 Å². The van der Waals surface area contributed by atoms with Crippen molar-refractivity contribution in [1.82, 2.24) is 24.9 Å². The minimum absolute atomic E-state index is 0.104. The highest BCUT2D eigenvalue weighted by Crippen LogP contribution is 2.35. The van der Waals surface area contributed by atoms with E-state index in [9.17, 15) is 14.4 Å². The lowest BCUT2D eigenvalue weighted by Gasteiger charge is -2.26. The monoisotopic (exact) mass is 607 g/mol. The number of ketones is 1. The normalized spacial score (nSPS) is 22.0. The first-order valence-electron chi connectivity index (χ1n) is 14.5. The van der Waals surface area contributed by atoms with Gasteiger partial charge in [-0.15, -0.1) is 10.2 Å². The van der Waals surface area contributed by atoms with Gasteiger partial charge in [0, 0.05) is 22.9 Å². The summed E-state index contributed by atoms with van der Waals surface area (Å²) < 4.78 is 15.3. The number of aromatic nitrogens is 2. The third kappa shape index (κ3) is 7.38. The molecule has 2 saturated heterocycles. The molecule has 2 aliphatic heterocycles. The maximum atomic E-state index is 13.3. The summed E-state index contributed by atoms with van der Waals surface area (Å²) in [6.07, 6.45) is -0.440. The highest BCUT2D eigenvalue weighted by molar-refractivity contribution is 7.03. The van der Waals surface area contributed by atoms with Crippen molar-refractivity contribution in [2.24, 2.45) is 5.41 Å². The number of carbonyl (C=O) groups is 3. The molecule has 12 heteroatoms. The summed E-state index contributed by atoms with van der Waals surface area (Å²) in [6, 6.07) is 16.0. The number of likely N-dealkylation sites (tertiary alicyclic amines) is 1. The van der Waals surface area contributed by atoms with Crippen LogP contribution < -0.4 is 10.1 Å². The minimum atomic E-state index is -0.751. The zero-order chi connectivity index (χ0) is 30.6. The Morgan fingerprint density at radius 2 is 1.88 bits per heavy atom. The second kappa shape index (κ2) is 13.2. The molecule has 0 aliphatic carbocycles. The van der Waals surface area contributed by atoms with Gasteiger partial charge in [-0.05, 0) is 54.7 Å². The van der Waals surface area contributed by atoms with Crippen molar-refractivity contribution >= 4 is 29.5 Å². The third-order valence-electron chi connectivity index (χ3n) is 7.88. The number of carbonyl (C=O) groups excluding carboxylic acids is 3. The molecule has 5 atom stereocenters. The van der Waals surface area contributed by atoms with Crippen LogP contribution in [0.15, 0.2) is 60.0 Å². The quantitative estimate of drug-likeness (QED) is 0.277. The number of benzene rings is 2. The molecule has 2 aliphatic rings. The van der Waals surface area contributed by atoms with E-state index < -0.39 is 36.0 Å². The highest BCUT2D eigenvalue weighted by Gasteiger charge is 2.49. The van der Waals surface area contributed by atoms with E-state index in [-0.39, 0.29) is 18.4 Å². The summed E-state index contributed by atoms with van der Waals surface area (Å²) in [5.74, 6) is 0.188. The highest BCUT2D eigenvalue weighted by atomic mass is 32.1. The third-order valence-corrected chi connectivity index (χ3v) is 8.38. The van der Waals surface area contributed by atoms with Gasteiger partial charge in [0.05, 0.1) is 18.6 Å². The van der Waals surface area contributed by atoms with Gasteiger partial charge in [0.15, 0.2) is 0 Å². The van der Waals surface area contributed by atoms with E-state index in [1.54, 1.807) is 17.2 Å². The van der Waals surface area contributed by atoms with Crippen LogP contribution in [-0.4, -0.2) is 69.0 Å². The van der Waals surface area contributed by atoms with Crippen LogP contribution >= 0.6 is 11.5 Å². The molecule has 0 saturated carbocycles. The molecule has 0 spiro atoms. The maximum Gasteiger partial charge on any atom is 0.415 e. The predicted molar refractivity (Wildman–Crippen MR) is 160 cm³/mol. The maximum absolute atomic E-state index is 13.3. The van der Waals surface area contributed by atoms with Crippen molar-refractivity contribution in [1.29, 1.82) is 0 Å². The standard InChI is InChI=1S/C31H37N5O6S/c1-5-6-12-24(27(37)28-36(42-28)20(2)21-10-8-7-9-11-21)32-29(38)41-26-17-35(19-31(26,3)4)30(39)40-23-15-13-22(14-16-23)25-18-43-34-33-25/h7-11,13-16,18,20,24,26,28H,5-6,12,17,19H2,1-4H3,(H,32,38)/t20-,24?,26-,28?,36?/m1/s1. The molecule has 11 nitrogen and oxygen atoms in total. The summed E-state index contributed by atoms with van der Waals surface area (Å²) in [5, 5.41) is 10.3. The molecule has 1 aromatic heterocycles. The molecule has 0 radical (unpaired) electrons. The number of hydrogen-bond acceptors (Lipinski definition) is 10. The van der Waals surface area contributed by atoms with Gasteiger partial charge in [-0.3, -0.25) is 9.63 Å². The molecule has 2 fully saturated rings. The first-order valence-corrected chi connectivity index (χ1v) is 15.3. The molecule has 228 valence electrons. The van der Waals surface area contributed by atoms with Crippen molar-refractivity contribution in [3.8, 4) is 17.0 Å². The van der Waals surface area contributed by atoms with Gasteiger partial charge in [0.1, 0.15) is 17.5 Å². The fourth-order valence-electron chi connectivity index (χ4n) is 5.20. The summed E-state index contributed by atoms with van der Waals surface area (Å²) in [7, 11) is 0. The zero-order valence-corrected chi connectivity index (χ0v) is 25.6. The van der Waals surface area contributed by atoms with Gasteiger partial charge >= 0.3 is 12.2 Å². The van der Waals surface area contributed by atoms with Gasteiger partial charge in [-0.25, -0.2) is 9.59 Å². The molecule has 3 aromatic rings. The molecule has 0 bridgehead atoms. The lowest BCUT2D eigenvalue weighted by molar-refractivity contribution is -0.122. The number of nitrogens with zero attached hydrogens (tertiary/aromatic N) is 4. The minimum Gasteiger partial charge on any atom is -0.444 e. The van der Waals surface area contributed by atoms with Crippen molar-refractivity contribution in [3.63, 3.8) is 0 Å². The average molecular weight is 608 g/mol. The molecule has 2 amide bonds. The van der Waals surface area contributed by atoms with Crippen molar-refractivity contribution < 1.29 is 28.7 Å². The lowest BCUT2D eigenvalue weighted by Crippen LogP contribution is -2.46. The first-order chi connectivity index (χ1) is 20.7. The SMILES string of the molecule is CCCCC(NC(=O)O[C@@H]1CN(C(=O)Oc2ccc(-c3csnn3)cc2)CC1(C)C)C(=O)C1ON1[C@H](C)c1ccccc1. The van der Waals surface area contributed by atoms with Crippen LogP contribution in [0.3, 0.4) is 0 Å². The summed E-state index contributed by atoms with van der Waals surface area (Å²) in [4.78, 5) is 46.5. The van der Waals surface area contributed by atoms with Crippen LogP contribution in [0.25, 0.3) is 11.3 Å². The molecule has 3 unspecified atom stereocenters. The Balaban J connectivity index is 1.15. The van der Waals surface area contributed by atoms with E-state index in [1.165, 1.54) is 16.4 Å². The summed E-state index contributed by atoms with van der Waals surface area (Å²) >= 11 is 1.26. The van der Waals surface area contributed by atoms with Crippen LogP contribution in [0.2, 0.25) is 0 Å². The fourth-order valence-corrected chi connectivity index (χ4v) is 5.67. The molecule has 5 rings (SSSR count). The summed E-state index contributed by atoms with van der Waals surface area (Å²) in [6.45, 7) is 8.36.